The van der Waals surface area contributed by atoms with Crippen molar-refractivity contribution in [3.05, 3.63) is 72.8 Å². The van der Waals surface area contributed by atoms with Crippen molar-refractivity contribution in [2.45, 2.75) is 9.79 Å². The van der Waals surface area contributed by atoms with Crippen molar-refractivity contribution < 1.29 is 44.6 Å². The average molecular weight is 559 g/mol. The lowest BCUT2D eigenvalue weighted by atomic mass is 9.54. The zero-order chi connectivity index (χ0) is 27.0. The first-order valence-corrected chi connectivity index (χ1v) is 14.3. The van der Waals surface area contributed by atoms with Gasteiger partial charge in [0.1, 0.15) is 0 Å². The number of carbonyl (C=O) groups excluding carboxylic acids is 4. The molecule has 2 saturated heterocycles. The van der Waals surface area contributed by atoms with Crippen LogP contribution < -0.4 is 0 Å². The maximum atomic E-state index is 13.3. The van der Waals surface area contributed by atoms with Gasteiger partial charge in [-0.2, -0.15) is 16.8 Å². The molecule has 4 unspecified atom stereocenters. The van der Waals surface area contributed by atoms with E-state index in [4.69, 9.17) is 8.57 Å². The number of rotatable bonds is 6. The number of amides is 4. The lowest BCUT2D eigenvalue weighted by Gasteiger charge is -2.44. The maximum Gasteiger partial charge on any atom is 0.318 e. The molecule has 4 amide bonds. The topological polar surface area (TPSA) is 161 Å². The van der Waals surface area contributed by atoms with Crippen molar-refractivity contribution >= 4 is 43.9 Å². The highest BCUT2D eigenvalue weighted by Gasteiger charge is 2.70. The molecule has 0 aromatic heterocycles. The minimum atomic E-state index is -4.53. The van der Waals surface area contributed by atoms with Gasteiger partial charge in [-0.05, 0) is 24.3 Å². The van der Waals surface area contributed by atoms with E-state index in [1.165, 1.54) is 60.7 Å². The van der Waals surface area contributed by atoms with E-state index in [9.17, 15) is 36.0 Å². The number of hydroxylamine groups is 4. The minimum Gasteiger partial charge on any atom is -0.272 e. The van der Waals surface area contributed by atoms with Crippen LogP contribution in [0, 0.1) is 35.5 Å². The van der Waals surface area contributed by atoms with E-state index in [1.54, 1.807) is 12.1 Å². The van der Waals surface area contributed by atoms with Crippen molar-refractivity contribution in [2.75, 3.05) is 0 Å². The molecule has 1 saturated carbocycles. The van der Waals surface area contributed by atoms with Gasteiger partial charge < -0.3 is 0 Å². The molecule has 0 N–H and O–H groups in total. The molecule has 2 bridgehead atoms. The average Bonchev–Trinajstić information content (AvgIpc) is 3.32. The molecule has 2 aromatic carbocycles. The fourth-order valence-electron chi connectivity index (χ4n) is 5.78. The number of hydrogen-bond donors (Lipinski definition) is 0. The van der Waals surface area contributed by atoms with Crippen LogP contribution in [0.2, 0.25) is 0 Å². The van der Waals surface area contributed by atoms with Crippen LogP contribution in [0.1, 0.15) is 0 Å². The summed E-state index contributed by atoms with van der Waals surface area (Å²) in [4.78, 5) is 52.5. The van der Waals surface area contributed by atoms with Crippen molar-refractivity contribution in [3.63, 3.8) is 0 Å². The zero-order valence-electron chi connectivity index (χ0n) is 19.2. The van der Waals surface area contributed by atoms with E-state index >= 15 is 0 Å². The zero-order valence-corrected chi connectivity index (χ0v) is 20.8. The standard InChI is InChI=1S/C24H18N2O10S2/c27-21-17-15-11-12-16(18(17)22(28)25(21)35-37(31,32)13-7-3-1-4-8-13)20-19(15)23(29)26(24(20)30)36-38(33,34)14-9-5-2-6-10-14/h1-12,15-20H. The van der Waals surface area contributed by atoms with Gasteiger partial charge in [0.2, 0.25) is 0 Å². The van der Waals surface area contributed by atoms with Gasteiger partial charge in [0, 0.05) is 11.8 Å². The number of nitrogens with zero attached hydrogens (tertiary/aromatic N) is 2. The van der Waals surface area contributed by atoms with Gasteiger partial charge >= 0.3 is 20.2 Å². The Labute approximate surface area is 216 Å². The van der Waals surface area contributed by atoms with Crippen LogP contribution in [-0.2, 0) is 48.0 Å². The van der Waals surface area contributed by atoms with Crippen molar-refractivity contribution in [1.82, 2.24) is 10.1 Å². The summed E-state index contributed by atoms with van der Waals surface area (Å²) in [6.07, 6.45) is 3.04. The molecular weight excluding hydrogens is 540 g/mol. The Morgan fingerprint density at radius 1 is 0.500 bits per heavy atom. The summed E-state index contributed by atoms with van der Waals surface area (Å²) in [5, 5.41) is 0.379. The summed E-state index contributed by atoms with van der Waals surface area (Å²) in [5.41, 5.74) is 0. The van der Waals surface area contributed by atoms with Gasteiger partial charge in [-0.15, -0.1) is 18.7 Å². The van der Waals surface area contributed by atoms with Crippen LogP contribution in [0.4, 0.5) is 0 Å². The van der Waals surface area contributed by atoms with Gasteiger partial charge in [0.05, 0.1) is 33.5 Å². The third kappa shape index (κ3) is 3.48. The second-order valence-corrected chi connectivity index (χ2v) is 12.3. The fraction of sp³-hybridized carbons (Fsp3) is 0.250. The molecule has 3 aliphatic carbocycles. The Morgan fingerprint density at radius 3 is 1.08 bits per heavy atom. The van der Waals surface area contributed by atoms with Gasteiger partial charge in [0.15, 0.2) is 0 Å². The van der Waals surface area contributed by atoms with E-state index < -0.39 is 79.4 Å². The molecule has 7 rings (SSSR count). The summed E-state index contributed by atoms with van der Waals surface area (Å²) in [7, 11) is -9.06. The van der Waals surface area contributed by atoms with Gasteiger partial charge in [-0.3, -0.25) is 19.2 Å². The first-order chi connectivity index (χ1) is 18.0. The molecule has 2 heterocycles. The van der Waals surface area contributed by atoms with Crippen LogP contribution in [0.15, 0.2) is 82.6 Å². The number of carbonyl (C=O) groups is 4. The summed E-state index contributed by atoms with van der Waals surface area (Å²) >= 11 is 0. The van der Waals surface area contributed by atoms with Crippen molar-refractivity contribution in [2.24, 2.45) is 35.5 Å². The summed E-state index contributed by atoms with van der Waals surface area (Å²) in [6.45, 7) is 0. The van der Waals surface area contributed by atoms with Crippen LogP contribution in [0.3, 0.4) is 0 Å². The minimum absolute atomic E-state index is 0.189. The quantitative estimate of drug-likeness (QED) is 0.363. The van der Waals surface area contributed by atoms with Crippen LogP contribution >= 0.6 is 0 Å². The molecule has 0 radical (unpaired) electrons. The molecule has 12 nitrogen and oxygen atoms in total. The highest BCUT2D eigenvalue weighted by atomic mass is 32.2. The molecule has 14 heteroatoms. The molecule has 0 spiro atoms. The molecule has 3 fully saturated rings. The number of allylic oxidation sites excluding steroid dienone is 2. The largest absolute Gasteiger partial charge is 0.318 e. The number of hydrogen-bond acceptors (Lipinski definition) is 10. The Kier molecular flexibility index (Phi) is 5.43. The van der Waals surface area contributed by atoms with Gasteiger partial charge in [-0.25, -0.2) is 0 Å². The van der Waals surface area contributed by atoms with Crippen LogP contribution in [-0.4, -0.2) is 50.6 Å². The molecule has 4 atom stereocenters. The first-order valence-electron chi connectivity index (χ1n) is 11.5. The number of benzene rings is 2. The van der Waals surface area contributed by atoms with E-state index in [0.29, 0.717) is 0 Å². The first kappa shape index (κ1) is 24.6. The SMILES string of the molecule is O=C1C2C3C=CC(C2C(=O)N1OS(=O)(=O)c1ccccc1)C1C(=O)N(OS(=O)(=O)c2ccccc2)C(=O)C31. The van der Waals surface area contributed by atoms with Crippen LogP contribution in [0.5, 0.6) is 0 Å². The second kappa shape index (κ2) is 8.39. The molecular formula is C24H18N2O10S2. The van der Waals surface area contributed by atoms with E-state index in [0.717, 1.165) is 0 Å². The lowest BCUT2D eigenvalue weighted by Crippen LogP contribution is -2.50. The smallest absolute Gasteiger partial charge is 0.272 e. The summed E-state index contributed by atoms with van der Waals surface area (Å²) in [6, 6.07) is 13.9. The predicted octanol–water partition coefficient (Wildman–Crippen LogP) is 0.646. The summed E-state index contributed by atoms with van der Waals surface area (Å²) < 4.78 is 60.6. The highest BCUT2D eigenvalue weighted by molar-refractivity contribution is 7.87. The van der Waals surface area contributed by atoms with Crippen molar-refractivity contribution in [3.8, 4) is 0 Å². The Bertz CT molecular complexity index is 1460. The van der Waals surface area contributed by atoms with Gasteiger partial charge in [-0.1, -0.05) is 48.6 Å². The molecule has 2 aromatic rings. The maximum absolute atomic E-state index is 13.3. The molecule has 5 aliphatic rings. The van der Waals surface area contributed by atoms with Gasteiger partial charge in [0.25, 0.3) is 23.6 Å². The lowest BCUT2D eigenvalue weighted by molar-refractivity contribution is -0.166. The fourth-order valence-corrected chi connectivity index (χ4v) is 7.61. The molecule has 196 valence electrons. The normalized spacial score (nSPS) is 30.2. The van der Waals surface area contributed by atoms with E-state index in [-0.39, 0.29) is 19.9 Å². The Morgan fingerprint density at radius 2 is 0.789 bits per heavy atom. The Balaban J connectivity index is 1.29. The van der Waals surface area contributed by atoms with Crippen molar-refractivity contribution in [1.29, 1.82) is 0 Å². The third-order valence-corrected chi connectivity index (χ3v) is 9.73. The molecule has 2 aliphatic heterocycles. The highest BCUT2D eigenvalue weighted by Crippen LogP contribution is 2.58. The monoisotopic (exact) mass is 558 g/mol. The second-order valence-electron chi connectivity index (χ2n) is 9.27. The van der Waals surface area contributed by atoms with E-state index in [2.05, 4.69) is 0 Å². The predicted molar refractivity (Wildman–Crippen MR) is 123 cm³/mol. The Hall–Kier alpha value is -3.72. The summed E-state index contributed by atoms with van der Waals surface area (Å²) in [5.74, 6) is -10.5. The van der Waals surface area contributed by atoms with E-state index in [1.807, 2.05) is 0 Å². The number of imide groups is 2. The van der Waals surface area contributed by atoms with Crippen LogP contribution in [0.25, 0.3) is 0 Å². The molecule has 38 heavy (non-hydrogen) atoms. The third-order valence-electron chi connectivity index (χ3n) is 7.34.